The van der Waals surface area contributed by atoms with Crippen molar-refractivity contribution in [3.8, 4) is 0 Å². The Bertz CT molecular complexity index is 35.9. The minimum atomic E-state index is -0.833. The van der Waals surface area contributed by atoms with Gasteiger partial charge in [0.1, 0.15) is 0 Å². The molecule has 0 amide bonds. The summed E-state index contributed by atoms with van der Waals surface area (Å²) in [5.74, 6) is -0.833. The molecule has 0 aliphatic heterocycles. The molecule has 5 heteroatoms. The SMILES string of the molecule is CC(=O)O.O.[Ni].[Zn]. The monoisotopic (exact) mass is 200 g/mol. The molecule has 0 saturated heterocycles. The van der Waals surface area contributed by atoms with E-state index in [4.69, 9.17) is 9.90 Å². The normalized spacial score (nSPS) is 3.57. The van der Waals surface area contributed by atoms with Gasteiger partial charge in [-0.15, -0.1) is 0 Å². The third-order valence-electron chi connectivity index (χ3n) is 0. The molecule has 0 atom stereocenters. The number of carboxylic acids is 1. The topological polar surface area (TPSA) is 68.8 Å². The van der Waals surface area contributed by atoms with Gasteiger partial charge in [-0.25, -0.2) is 0 Å². The van der Waals surface area contributed by atoms with Crippen LogP contribution in [0.1, 0.15) is 6.92 Å². The second kappa shape index (κ2) is 16.0. The van der Waals surface area contributed by atoms with Crippen LogP contribution in [0.15, 0.2) is 0 Å². The third-order valence-corrected chi connectivity index (χ3v) is 0. The van der Waals surface area contributed by atoms with Crippen LogP contribution in [-0.2, 0) is 40.8 Å². The van der Waals surface area contributed by atoms with Crippen molar-refractivity contribution in [2.24, 2.45) is 0 Å². The van der Waals surface area contributed by atoms with Gasteiger partial charge in [0.25, 0.3) is 5.97 Å². The van der Waals surface area contributed by atoms with Crippen molar-refractivity contribution >= 4 is 5.97 Å². The van der Waals surface area contributed by atoms with Crippen molar-refractivity contribution in [1.82, 2.24) is 0 Å². The first-order chi connectivity index (χ1) is 1.73. The van der Waals surface area contributed by atoms with Crippen molar-refractivity contribution < 1.29 is 51.3 Å². The fraction of sp³-hybridized carbons (Fsp3) is 0.500. The molecule has 3 nitrogen and oxygen atoms in total. The molecular weight excluding hydrogens is 196 g/mol. The predicted octanol–water partition coefficient (Wildman–Crippen LogP) is -0.739. The summed E-state index contributed by atoms with van der Waals surface area (Å²) < 4.78 is 0. The number of carbonyl (C=O) groups is 1. The van der Waals surface area contributed by atoms with Crippen molar-refractivity contribution in [2.45, 2.75) is 6.92 Å². The number of carboxylic acid groups (broad SMARTS) is 1. The van der Waals surface area contributed by atoms with E-state index in [9.17, 15) is 0 Å². The van der Waals surface area contributed by atoms with Crippen LogP contribution in [0.4, 0.5) is 0 Å². The molecule has 0 aliphatic carbocycles. The van der Waals surface area contributed by atoms with E-state index in [1.807, 2.05) is 0 Å². The molecule has 0 aromatic carbocycles. The summed E-state index contributed by atoms with van der Waals surface area (Å²) in [4.78, 5) is 9.00. The van der Waals surface area contributed by atoms with Crippen LogP contribution in [0.5, 0.6) is 0 Å². The molecule has 0 aromatic rings. The van der Waals surface area contributed by atoms with Gasteiger partial charge < -0.3 is 10.6 Å². The largest absolute Gasteiger partial charge is 0.481 e. The molecule has 0 rings (SSSR count). The number of hydrogen-bond acceptors (Lipinski definition) is 1. The smallest absolute Gasteiger partial charge is 0.300 e. The summed E-state index contributed by atoms with van der Waals surface area (Å²) >= 11 is 0. The van der Waals surface area contributed by atoms with Crippen LogP contribution >= 0.6 is 0 Å². The second-order valence-corrected chi connectivity index (χ2v) is 0.519. The van der Waals surface area contributed by atoms with Crippen LogP contribution in [0, 0.1) is 0 Å². The Morgan fingerprint density at radius 2 is 1.57 bits per heavy atom. The zero-order valence-electron chi connectivity index (χ0n) is 3.88. The van der Waals surface area contributed by atoms with Gasteiger partial charge in [0.15, 0.2) is 0 Å². The molecule has 7 heavy (non-hydrogen) atoms. The van der Waals surface area contributed by atoms with Gasteiger partial charge in [-0.1, -0.05) is 0 Å². The van der Waals surface area contributed by atoms with Crippen LogP contribution in [0.25, 0.3) is 0 Å². The van der Waals surface area contributed by atoms with Gasteiger partial charge >= 0.3 is 0 Å². The first kappa shape index (κ1) is 25.7. The third kappa shape index (κ3) is 453. The molecule has 0 aliphatic rings. The molecule has 0 fully saturated rings. The van der Waals surface area contributed by atoms with Crippen molar-refractivity contribution in [3.63, 3.8) is 0 Å². The molecule has 0 spiro atoms. The Kier molecular flexibility index (Phi) is 58.8. The van der Waals surface area contributed by atoms with Gasteiger partial charge in [-0.2, -0.15) is 0 Å². The van der Waals surface area contributed by atoms with Gasteiger partial charge in [0, 0.05) is 42.9 Å². The first-order valence-electron chi connectivity index (χ1n) is 0.928. The standard InChI is InChI=1S/C2H4O2.Ni.H2O.Zn/c1-2(3)4;;;/h1H3,(H,3,4);;1H2;. The summed E-state index contributed by atoms with van der Waals surface area (Å²) in [6, 6.07) is 0. The Morgan fingerprint density at radius 3 is 1.57 bits per heavy atom. The van der Waals surface area contributed by atoms with Crippen LogP contribution < -0.4 is 0 Å². The summed E-state index contributed by atoms with van der Waals surface area (Å²) in [7, 11) is 0. The molecule has 0 unspecified atom stereocenters. The fourth-order valence-corrected chi connectivity index (χ4v) is 0. The molecule has 0 radical (unpaired) electrons. The van der Waals surface area contributed by atoms with Crippen molar-refractivity contribution in [3.05, 3.63) is 0 Å². The quantitative estimate of drug-likeness (QED) is 0.526. The van der Waals surface area contributed by atoms with Gasteiger partial charge in [0.2, 0.25) is 0 Å². The maximum atomic E-state index is 9.00. The van der Waals surface area contributed by atoms with Crippen LogP contribution in [0.2, 0.25) is 0 Å². The fourth-order valence-electron chi connectivity index (χ4n) is 0. The summed E-state index contributed by atoms with van der Waals surface area (Å²) in [5.41, 5.74) is 0. The molecule has 0 aromatic heterocycles. The Balaban J connectivity index is -0.0000000150. The summed E-state index contributed by atoms with van der Waals surface area (Å²) in [6.45, 7) is 1.08. The van der Waals surface area contributed by atoms with Gasteiger partial charge in [0.05, 0.1) is 0 Å². The molecule has 0 saturated carbocycles. The Hall–Kier alpha value is 0.547. The Morgan fingerprint density at radius 1 is 1.57 bits per heavy atom. The minimum Gasteiger partial charge on any atom is -0.481 e. The summed E-state index contributed by atoms with van der Waals surface area (Å²) in [5, 5.41) is 7.42. The average molecular weight is 202 g/mol. The van der Waals surface area contributed by atoms with E-state index in [1.165, 1.54) is 0 Å². The molecule has 3 N–H and O–H groups in total. The molecule has 0 bridgehead atoms. The minimum absolute atomic E-state index is 0. The molecular formula is C2H6NiO3Zn. The predicted molar refractivity (Wildman–Crippen MR) is 16.9 cm³/mol. The first-order valence-corrected chi connectivity index (χ1v) is 0.928. The van der Waals surface area contributed by atoms with Crippen LogP contribution in [-0.4, -0.2) is 16.6 Å². The van der Waals surface area contributed by atoms with E-state index in [2.05, 4.69) is 0 Å². The van der Waals surface area contributed by atoms with E-state index >= 15 is 0 Å². The molecule has 0 heterocycles. The number of hydrogen-bond donors (Lipinski definition) is 1. The zero-order chi connectivity index (χ0) is 3.58. The van der Waals surface area contributed by atoms with Gasteiger partial charge in [-0.05, 0) is 0 Å². The number of rotatable bonds is 0. The van der Waals surface area contributed by atoms with E-state index in [1.54, 1.807) is 0 Å². The Labute approximate surface area is 64.5 Å². The maximum Gasteiger partial charge on any atom is 0.300 e. The molecule has 44 valence electrons. The van der Waals surface area contributed by atoms with E-state index < -0.39 is 5.97 Å². The van der Waals surface area contributed by atoms with Crippen molar-refractivity contribution in [2.75, 3.05) is 0 Å². The van der Waals surface area contributed by atoms with Crippen molar-refractivity contribution in [1.29, 1.82) is 0 Å². The van der Waals surface area contributed by atoms with Gasteiger partial charge in [-0.3, -0.25) is 4.79 Å². The average Bonchev–Trinajstić information content (AvgIpc) is 0.811. The number of aliphatic carboxylic acids is 1. The summed E-state index contributed by atoms with van der Waals surface area (Å²) in [6.07, 6.45) is 0. The zero-order valence-corrected chi connectivity index (χ0v) is 7.83. The van der Waals surface area contributed by atoms with E-state index in [0.29, 0.717) is 0 Å². The maximum absolute atomic E-state index is 9.00. The van der Waals surface area contributed by atoms with E-state index in [0.717, 1.165) is 6.92 Å². The van der Waals surface area contributed by atoms with E-state index in [-0.39, 0.29) is 41.4 Å². The van der Waals surface area contributed by atoms with Crippen LogP contribution in [0.3, 0.4) is 0 Å². The second-order valence-electron chi connectivity index (χ2n) is 0.519.